The van der Waals surface area contributed by atoms with E-state index in [0.717, 1.165) is 37.1 Å². The van der Waals surface area contributed by atoms with Crippen LogP contribution in [-0.4, -0.2) is 29.0 Å². The molecule has 0 bridgehead atoms. The van der Waals surface area contributed by atoms with Gasteiger partial charge in [0.1, 0.15) is 0 Å². The van der Waals surface area contributed by atoms with Crippen LogP contribution in [0.2, 0.25) is 0 Å². The number of nitrogens with one attached hydrogen (secondary N) is 1. The van der Waals surface area contributed by atoms with Gasteiger partial charge in [-0.15, -0.1) is 11.8 Å². The lowest BCUT2D eigenvalue weighted by Crippen LogP contribution is -2.26. The lowest BCUT2D eigenvalue weighted by Gasteiger charge is -2.12. The van der Waals surface area contributed by atoms with Gasteiger partial charge >= 0.3 is 0 Å². The highest BCUT2D eigenvalue weighted by molar-refractivity contribution is 8.00. The van der Waals surface area contributed by atoms with Crippen LogP contribution >= 0.6 is 11.8 Å². The molecule has 0 heterocycles. The number of nitrogens with zero attached hydrogens (tertiary/aromatic N) is 1. The molecule has 3 N–H and O–H groups in total. The van der Waals surface area contributed by atoms with Gasteiger partial charge in [-0.25, -0.2) is 0 Å². The van der Waals surface area contributed by atoms with E-state index in [9.17, 15) is 19.7 Å². The molecule has 0 radical (unpaired) electrons. The summed E-state index contributed by atoms with van der Waals surface area (Å²) in [5.74, 6) is -0.820. The summed E-state index contributed by atoms with van der Waals surface area (Å²) in [5.41, 5.74) is 6.37. The molecule has 0 saturated heterocycles. The second-order valence-electron chi connectivity index (χ2n) is 5.80. The number of hydrogen-bond acceptors (Lipinski definition) is 5. The number of thioether (sulfide) groups is 1. The van der Waals surface area contributed by atoms with Gasteiger partial charge in [0.15, 0.2) is 0 Å². The van der Waals surface area contributed by atoms with Crippen molar-refractivity contribution in [3.8, 4) is 0 Å². The molecule has 2 rings (SSSR count). The molecule has 0 fully saturated rings. The zero-order valence-corrected chi connectivity index (χ0v) is 14.6. The van der Waals surface area contributed by atoms with Crippen LogP contribution in [0.5, 0.6) is 0 Å². The molecule has 1 aliphatic rings. The molecule has 134 valence electrons. The molecule has 0 spiro atoms. The Morgan fingerprint density at radius 1 is 1.32 bits per heavy atom. The van der Waals surface area contributed by atoms with Crippen molar-refractivity contribution in [1.29, 1.82) is 0 Å². The topological polar surface area (TPSA) is 115 Å². The number of hydrogen-bond donors (Lipinski definition) is 2. The molecule has 25 heavy (non-hydrogen) atoms. The molecule has 0 atom stereocenters. The minimum absolute atomic E-state index is 0.0706. The van der Waals surface area contributed by atoms with E-state index in [-0.39, 0.29) is 22.9 Å². The van der Waals surface area contributed by atoms with Gasteiger partial charge in [-0.1, -0.05) is 11.6 Å². The Morgan fingerprint density at radius 2 is 2.12 bits per heavy atom. The van der Waals surface area contributed by atoms with Crippen molar-refractivity contribution in [2.24, 2.45) is 5.73 Å². The summed E-state index contributed by atoms with van der Waals surface area (Å²) < 4.78 is 0. The first-order valence-corrected chi connectivity index (χ1v) is 9.11. The Bertz CT molecular complexity index is 703. The third-order valence-electron chi connectivity index (χ3n) is 3.95. The molecule has 1 aromatic carbocycles. The summed E-state index contributed by atoms with van der Waals surface area (Å²) >= 11 is 1.07. The largest absolute Gasteiger partial charge is 0.366 e. The quantitative estimate of drug-likeness (QED) is 0.319. The molecule has 0 unspecified atom stereocenters. The first kappa shape index (κ1) is 19.0. The van der Waals surface area contributed by atoms with E-state index < -0.39 is 10.8 Å². The molecular weight excluding hydrogens is 342 g/mol. The van der Waals surface area contributed by atoms with Crippen molar-refractivity contribution >= 4 is 29.3 Å². The Labute approximate surface area is 150 Å². The minimum atomic E-state index is -0.727. The maximum atomic E-state index is 11.9. The smallest absolute Gasteiger partial charge is 0.283 e. The number of carbonyl (C=O) groups is 2. The van der Waals surface area contributed by atoms with E-state index in [1.807, 2.05) is 0 Å². The predicted molar refractivity (Wildman–Crippen MR) is 96.5 cm³/mol. The molecule has 0 aliphatic heterocycles. The normalized spacial score (nSPS) is 13.8. The van der Waals surface area contributed by atoms with E-state index in [0.29, 0.717) is 11.4 Å². The van der Waals surface area contributed by atoms with E-state index in [4.69, 9.17) is 5.73 Å². The maximum Gasteiger partial charge on any atom is 0.283 e. The summed E-state index contributed by atoms with van der Waals surface area (Å²) in [6.07, 6.45) is 7.76. The Morgan fingerprint density at radius 3 is 2.76 bits per heavy atom. The number of nitro benzene ring substituents is 1. The molecule has 8 heteroatoms. The van der Waals surface area contributed by atoms with Crippen LogP contribution in [0.4, 0.5) is 5.69 Å². The van der Waals surface area contributed by atoms with Crippen molar-refractivity contribution < 1.29 is 14.5 Å². The zero-order valence-electron chi connectivity index (χ0n) is 13.8. The third-order valence-corrected chi connectivity index (χ3v) is 5.01. The lowest BCUT2D eigenvalue weighted by molar-refractivity contribution is -0.387. The second-order valence-corrected chi connectivity index (χ2v) is 6.82. The summed E-state index contributed by atoms with van der Waals surface area (Å²) in [7, 11) is 0. The zero-order chi connectivity index (χ0) is 18.2. The highest BCUT2D eigenvalue weighted by atomic mass is 32.2. The number of nitro groups is 1. The van der Waals surface area contributed by atoms with E-state index in [1.54, 1.807) is 0 Å². The van der Waals surface area contributed by atoms with Crippen LogP contribution in [0.3, 0.4) is 0 Å². The molecule has 1 aliphatic carbocycles. The van der Waals surface area contributed by atoms with Gasteiger partial charge in [0.2, 0.25) is 11.8 Å². The highest BCUT2D eigenvalue weighted by Crippen LogP contribution is 2.30. The monoisotopic (exact) mass is 363 g/mol. The second kappa shape index (κ2) is 9.22. The van der Waals surface area contributed by atoms with Crippen LogP contribution in [0, 0.1) is 10.1 Å². The van der Waals surface area contributed by atoms with Crippen molar-refractivity contribution in [3.05, 3.63) is 45.5 Å². The highest BCUT2D eigenvalue weighted by Gasteiger charge is 2.18. The molecule has 2 amide bonds. The Hall–Kier alpha value is -2.35. The summed E-state index contributed by atoms with van der Waals surface area (Å²) in [4.78, 5) is 33.9. The van der Waals surface area contributed by atoms with Gasteiger partial charge in [-0.2, -0.15) is 0 Å². The average molecular weight is 363 g/mol. The van der Waals surface area contributed by atoms with Gasteiger partial charge < -0.3 is 11.1 Å². The average Bonchev–Trinajstić information content (AvgIpc) is 2.60. The summed E-state index contributed by atoms with van der Waals surface area (Å²) in [6.45, 7) is 0.577. The number of carbonyl (C=O) groups excluding carboxylic acids is 2. The van der Waals surface area contributed by atoms with E-state index in [1.165, 1.54) is 30.5 Å². The van der Waals surface area contributed by atoms with Gasteiger partial charge in [0, 0.05) is 18.2 Å². The maximum absolute atomic E-state index is 11.9. The van der Waals surface area contributed by atoms with Gasteiger partial charge in [0.05, 0.1) is 15.6 Å². The van der Waals surface area contributed by atoms with Gasteiger partial charge in [-0.05, 0) is 44.2 Å². The number of rotatable bonds is 8. The lowest BCUT2D eigenvalue weighted by atomic mass is 9.97. The molecule has 7 nitrogen and oxygen atoms in total. The molecule has 0 saturated carbocycles. The minimum Gasteiger partial charge on any atom is -0.366 e. The molecular formula is C17H21N3O4S. The van der Waals surface area contributed by atoms with Crippen LogP contribution in [0.25, 0.3) is 0 Å². The number of benzene rings is 1. The predicted octanol–water partition coefficient (Wildman–Crippen LogP) is 2.79. The van der Waals surface area contributed by atoms with Crippen molar-refractivity contribution in [3.63, 3.8) is 0 Å². The Balaban J connectivity index is 1.85. The Kier molecular flexibility index (Phi) is 7.00. The molecule has 0 aromatic heterocycles. The fourth-order valence-corrected chi connectivity index (χ4v) is 3.46. The summed E-state index contributed by atoms with van der Waals surface area (Å²) in [5, 5.41) is 14.0. The van der Waals surface area contributed by atoms with Gasteiger partial charge in [-0.3, -0.25) is 19.7 Å². The van der Waals surface area contributed by atoms with Crippen molar-refractivity contribution in [2.45, 2.75) is 37.0 Å². The van der Waals surface area contributed by atoms with Crippen LogP contribution < -0.4 is 11.1 Å². The fraction of sp³-hybridized carbons (Fsp3) is 0.412. The van der Waals surface area contributed by atoms with Crippen molar-refractivity contribution in [1.82, 2.24) is 5.32 Å². The van der Waals surface area contributed by atoms with E-state index >= 15 is 0 Å². The number of amides is 2. The van der Waals surface area contributed by atoms with Crippen LogP contribution in [-0.2, 0) is 4.79 Å². The van der Waals surface area contributed by atoms with Crippen molar-refractivity contribution in [2.75, 3.05) is 12.3 Å². The van der Waals surface area contributed by atoms with Crippen LogP contribution in [0.15, 0.2) is 34.7 Å². The fourth-order valence-electron chi connectivity index (χ4n) is 2.62. The van der Waals surface area contributed by atoms with E-state index in [2.05, 4.69) is 11.4 Å². The third kappa shape index (κ3) is 5.90. The first-order chi connectivity index (χ1) is 12.0. The van der Waals surface area contributed by atoms with Crippen LogP contribution in [0.1, 0.15) is 42.5 Å². The summed E-state index contributed by atoms with van der Waals surface area (Å²) in [6, 6.07) is 4.01. The SMILES string of the molecule is NC(=O)c1ccc(SCC(=O)NCCC2=CCCCC2)c([N+](=O)[O-])c1. The number of primary amides is 1. The molecule has 1 aromatic rings. The number of nitrogens with two attached hydrogens (primary N) is 1. The number of allylic oxidation sites excluding steroid dienone is 1. The van der Waals surface area contributed by atoms with Gasteiger partial charge in [0.25, 0.3) is 5.69 Å². The first-order valence-electron chi connectivity index (χ1n) is 8.13. The standard InChI is InChI=1S/C17H21N3O4S/c18-17(22)13-6-7-15(14(10-13)20(23)24)25-11-16(21)19-9-8-12-4-2-1-3-5-12/h4,6-7,10H,1-3,5,8-9,11H2,(H2,18,22)(H,19,21).